The average molecular weight is 293 g/mol. The third kappa shape index (κ3) is 4.79. The molecule has 1 aliphatic heterocycles. The van der Waals surface area contributed by atoms with Crippen molar-refractivity contribution in [1.82, 2.24) is 10.2 Å². The van der Waals surface area contributed by atoms with E-state index in [-0.39, 0.29) is 17.8 Å². The van der Waals surface area contributed by atoms with Crippen molar-refractivity contribution < 1.29 is 9.18 Å². The summed E-state index contributed by atoms with van der Waals surface area (Å²) in [4.78, 5) is 13.0. The van der Waals surface area contributed by atoms with Gasteiger partial charge in [-0.1, -0.05) is 19.1 Å². The summed E-state index contributed by atoms with van der Waals surface area (Å²) in [5, 5.41) is 3.65. The monoisotopic (exact) mass is 293 g/mol. The highest BCUT2D eigenvalue weighted by Gasteiger charge is 2.22. The Kier molecular flexibility index (Phi) is 5.70. The van der Waals surface area contributed by atoms with Crippen LogP contribution in [0.1, 0.15) is 37.8 Å². The third-order valence-electron chi connectivity index (χ3n) is 4.08. The lowest BCUT2D eigenvalue weighted by molar-refractivity contribution is -0.119. The minimum Gasteiger partial charge on any atom is -0.369 e. The van der Waals surface area contributed by atoms with Gasteiger partial charge in [-0.15, -0.1) is 0 Å². The van der Waals surface area contributed by atoms with Gasteiger partial charge in [0.25, 0.3) is 0 Å². The van der Waals surface area contributed by atoms with Crippen molar-refractivity contribution in [3.63, 3.8) is 0 Å². The van der Waals surface area contributed by atoms with Crippen LogP contribution in [-0.2, 0) is 4.79 Å². The number of hydrogen-bond donors (Lipinski definition) is 2. The second-order valence-corrected chi connectivity index (χ2v) is 5.70. The van der Waals surface area contributed by atoms with E-state index in [4.69, 9.17) is 5.73 Å². The summed E-state index contributed by atoms with van der Waals surface area (Å²) in [6, 6.07) is 7.39. The van der Waals surface area contributed by atoms with Gasteiger partial charge in [-0.3, -0.25) is 9.69 Å². The number of primary amides is 1. The molecule has 116 valence electrons. The summed E-state index contributed by atoms with van der Waals surface area (Å²) in [7, 11) is 0. The second kappa shape index (κ2) is 7.52. The molecule has 3 N–H and O–H groups in total. The number of halogens is 1. The summed E-state index contributed by atoms with van der Waals surface area (Å²) in [5.74, 6) is -0.465. The Morgan fingerprint density at radius 2 is 2.00 bits per heavy atom. The molecule has 0 aromatic heterocycles. The summed E-state index contributed by atoms with van der Waals surface area (Å²) in [5.41, 5.74) is 6.35. The zero-order chi connectivity index (χ0) is 15.2. The molecule has 0 aliphatic carbocycles. The van der Waals surface area contributed by atoms with Crippen LogP contribution < -0.4 is 11.1 Å². The van der Waals surface area contributed by atoms with E-state index in [0.717, 1.165) is 37.9 Å². The number of amides is 1. The number of rotatable bonds is 6. The Morgan fingerprint density at radius 3 is 2.52 bits per heavy atom. The highest BCUT2D eigenvalue weighted by Crippen LogP contribution is 2.20. The molecule has 0 radical (unpaired) electrons. The largest absolute Gasteiger partial charge is 0.369 e. The van der Waals surface area contributed by atoms with Crippen LogP contribution in [0.2, 0.25) is 0 Å². The van der Waals surface area contributed by atoms with E-state index in [1.165, 1.54) is 12.1 Å². The fourth-order valence-corrected chi connectivity index (χ4v) is 2.91. The minimum absolute atomic E-state index is 0.201. The van der Waals surface area contributed by atoms with Gasteiger partial charge in [-0.25, -0.2) is 4.39 Å². The molecule has 0 bridgehead atoms. The maximum absolute atomic E-state index is 13.0. The number of piperidine rings is 1. The number of carbonyl (C=O) groups is 1. The minimum atomic E-state index is -0.265. The first kappa shape index (κ1) is 15.9. The first-order chi connectivity index (χ1) is 10.1. The number of carbonyl (C=O) groups excluding carboxylic acids is 1. The molecule has 1 fully saturated rings. The van der Waals surface area contributed by atoms with Gasteiger partial charge in [0.05, 0.1) is 6.54 Å². The molecule has 0 spiro atoms. The van der Waals surface area contributed by atoms with Crippen LogP contribution in [0.4, 0.5) is 4.39 Å². The molecule has 2 rings (SSSR count). The van der Waals surface area contributed by atoms with Gasteiger partial charge in [-0.2, -0.15) is 0 Å². The van der Waals surface area contributed by atoms with Crippen LogP contribution >= 0.6 is 0 Å². The van der Waals surface area contributed by atoms with Crippen LogP contribution in [0.3, 0.4) is 0 Å². The van der Waals surface area contributed by atoms with E-state index in [0.29, 0.717) is 12.6 Å². The Morgan fingerprint density at radius 1 is 1.38 bits per heavy atom. The molecule has 0 saturated carbocycles. The molecular formula is C16H24FN3O. The van der Waals surface area contributed by atoms with E-state index >= 15 is 0 Å². The number of nitrogens with one attached hydrogen (secondary N) is 1. The maximum Gasteiger partial charge on any atom is 0.231 e. The van der Waals surface area contributed by atoms with Gasteiger partial charge in [0.15, 0.2) is 0 Å². The van der Waals surface area contributed by atoms with E-state index in [9.17, 15) is 9.18 Å². The van der Waals surface area contributed by atoms with Gasteiger partial charge in [-0.05, 0) is 37.0 Å². The molecule has 21 heavy (non-hydrogen) atoms. The highest BCUT2D eigenvalue weighted by molar-refractivity contribution is 5.75. The number of likely N-dealkylation sites (tertiary alicyclic amines) is 1. The number of nitrogens with zero attached hydrogens (tertiary/aromatic N) is 1. The third-order valence-corrected chi connectivity index (χ3v) is 4.08. The van der Waals surface area contributed by atoms with Gasteiger partial charge < -0.3 is 11.1 Å². The van der Waals surface area contributed by atoms with Crippen molar-refractivity contribution >= 4 is 5.91 Å². The van der Waals surface area contributed by atoms with Gasteiger partial charge in [0.1, 0.15) is 5.82 Å². The van der Waals surface area contributed by atoms with E-state index in [1.54, 1.807) is 0 Å². The lowest BCUT2D eigenvalue weighted by Crippen LogP contribution is -2.46. The molecular weight excluding hydrogens is 269 g/mol. The average Bonchev–Trinajstić information content (AvgIpc) is 2.47. The van der Waals surface area contributed by atoms with E-state index in [1.807, 2.05) is 12.1 Å². The fraction of sp³-hybridized carbons (Fsp3) is 0.562. The summed E-state index contributed by atoms with van der Waals surface area (Å²) >= 11 is 0. The van der Waals surface area contributed by atoms with Crippen molar-refractivity contribution in [3.8, 4) is 0 Å². The van der Waals surface area contributed by atoms with Crippen molar-refractivity contribution in [3.05, 3.63) is 35.6 Å². The SMILES string of the molecule is CCC(NC1CCN(CC(N)=O)CC1)c1ccc(F)cc1. The van der Waals surface area contributed by atoms with E-state index < -0.39 is 0 Å². The molecule has 1 aromatic rings. The smallest absolute Gasteiger partial charge is 0.231 e. The Hall–Kier alpha value is -1.46. The molecule has 1 aliphatic rings. The number of nitrogens with two attached hydrogens (primary N) is 1. The number of hydrogen-bond acceptors (Lipinski definition) is 3. The summed E-state index contributed by atoms with van der Waals surface area (Å²) in [6.07, 6.45) is 2.98. The fourth-order valence-electron chi connectivity index (χ4n) is 2.91. The summed E-state index contributed by atoms with van der Waals surface area (Å²) in [6.45, 7) is 4.26. The Balaban J connectivity index is 1.86. The van der Waals surface area contributed by atoms with Gasteiger partial charge >= 0.3 is 0 Å². The van der Waals surface area contributed by atoms with Crippen molar-refractivity contribution in [2.24, 2.45) is 5.73 Å². The molecule has 1 saturated heterocycles. The Bertz CT molecular complexity index is 455. The predicted octanol–water partition coefficient (Wildman–Crippen LogP) is 1.82. The van der Waals surface area contributed by atoms with Gasteiger partial charge in [0.2, 0.25) is 5.91 Å². The molecule has 1 amide bonds. The van der Waals surface area contributed by atoms with Crippen LogP contribution in [0, 0.1) is 5.82 Å². The lowest BCUT2D eigenvalue weighted by Gasteiger charge is -2.34. The molecule has 5 heteroatoms. The zero-order valence-electron chi connectivity index (χ0n) is 12.5. The van der Waals surface area contributed by atoms with E-state index in [2.05, 4.69) is 17.1 Å². The number of benzene rings is 1. The maximum atomic E-state index is 13.0. The summed E-state index contributed by atoms with van der Waals surface area (Å²) < 4.78 is 13.0. The molecule has 4 nitrogen and oxygen atoms in total. The lowest BCUT2D eigenvalue weighted by atomic mass is 9.99. The van der Waals surface area contributed by atoms with Crippen molar-refractivity contribution in [2.75, 3.05) is 19.6 Å². The first-order valence-electron chi connectivity index (χ1n) is 7.60. The van der Waals surface area contributed by atoms with Crippen molar-refractivity contribution in [2.45, 2.75) is 38.3 Å². The van der Waals surface area contributed by atoms with Crippen LogP contribution in [0.25, 0.3) is 0 Å². The van der Waals surface area contributed by atoms with Crippen LogP contribution in [0.15, 0.2) is 24.3 Å². The standard InChI is InChI=1S/C16H24FN3O/c1-2-15(12-3-5-13(17)6-4-12)19-14-7-9-20(10-8-14)11-16(18)21/h3-6,14-15,19H,2,7-11H2,1H3,(H2,18,21). The zero-order valence-corrected chi connectivity index (χ0v) is 12.5. The topological polar surface area (TPSA) is 58.4 Å². The van der Waals surface area contributed by atoms with Crippen molar-refractivity contribution in [1.29, 1.82) is 0 Å². The predicted molar refractivity (Wildman–Crippen MR) is 81.2 cm³/mol. The van der Waals surface area contributed by atoms with Crippen LogP contribution in [-0.4, -0.2) is 36.5 Å². The normalized spacial score (nSPS) is 18.6. The first-order valence-corrected chi connectivity index (χ1v) is 7.60. The molecule has 1 aromatic carbocycles. The molecule has 1 unspecified atom stereocenters. The highest BCUT2D eigenvalue weighted by atomic mass is 19.1. The quantitative estimate of drug-likeness (QED) is 0.841. The second-order valence-electron chi connectivity index (χ2n) is 5.70. The van der Waals surface area contributed by atoms with Crippen LogP contribution in [0.5, 0.6) is 0 Å². The Labute approximate surface area is 125 Å². The van der Waals surface area contributed by atoms with Gasteiger partial charge in [0, 0.05) is 25.2 Å². The molecule has 1 atom stereocenters. The molecule has 1 heterocycles.